The molecule has 0 fully saturated rings. The highest BCUT2D eigenvalue weighted by Gasteiger charge is 2.50. The quantitative estimate of drug-likeness (QED) is 0.160. The minimum atomic E-state index is -2.80. The summed E-state index contributed by atoms with van der Waals surface area (Å²) in [4.78, 5) is 45.9. The Bertz CT molecular complexity index is 1400. The number of imide groups is 1. The summed E-state index contributed by atoms with van der Waals surface area (Å²) in [6, 6.07) is 19.9. The fourth-order valence-electron chi connectivity index (χ4n) is 5.32. The molecule has 0 aliphatic rings. The Kier molecular flexibility index (Phi) is 11.8. The van der Waals surface area contributed by atoms with Crippen molar-refractivity contribution in [2.45, 2.75) is 111 Å². The molecule has 0 aliphatic heterocycles. The Hall–Kier alpha value is -3.34. The second-order valence-electron chi connectivity index (χ2n) is 14.9. The largest absolute Gasteiger partial charge is 0.443 e. The number of hydrogen-bond acceptors (Lipinski definition) is 8. The van der Waals surface area contributed by atoms with E-state index in [9.17, 15) is 14.4 Å². The number of benzene rings is 2. The van der Waals surface area contributed by atoms with Crippen molar-refractivity contribution >= 4 is 48.0 Å². The van der Waals surface area contributed by atoms with E-state index in [-0.39, 0.29) is 29.8 Å². The van der Waals surface area contributed by atoms with E-state index in [1.165, 1.54) is 11.3 Å². The summed E-state index contributed by atoms with van der Waals surface area (Å²) < 4.78 is 18.1. The van der Waals surface area contributed by atoms with Gasteiger partial charge in [-0.1, -0.05) is 95.3 Å². The van der Waals surface area contributed by atoms with Crippen molar-refractivity contribution < 1.29 is 28.3 Å². The van der Waals surface area contributed by atoms with Gasteiger partial charge in [0.15, 0.2) is 10.8 Å². The molecule has 0 radical (unpaired) electrons. The summed E-state index contributed by atoms with van der Waals surface area (Å²) in [5, 5.41) is 4.24. The molecule has 1 atom stereocenters. The molecule has 0 unspecified atom stereocenters. The van der Waals surface area contributed by atoms with E-state index < -0.39 is 37.7 Å². The zero-order valence-corrected chi connectivity index (χ0v) is 31.0. The molecule has 0 aliphatic carbocycles. The van der Waals surface area contributed by atoms with Gasteiger partial charge >= 0.3 is 12.2 Å². The summed E-state index contributed by atoms with van der Waals surface area (Å²) >= 11 is 1.23. The second-order valence-corrected chi connectivity index (χ2v) is 20.0. The molecule has 10 heteroatoms. The Labute approximate surface area is 279 Å². The molecule has 0 N–H and O–H groups in total. The number of carbonyl (C=O) groups excluding carboxylic acids is 3. The fourth-order valence-corrected chi connectivity index (χ4v) is 10.6. The van der Waals surface area contributed by atoms with Crippen LogP contribution in [0.4, 0.5) is 9.59 Å². The molecule has 0 spiro atoms. The Morgan fingerprint density at radius 1 is 0.783 bits per heavy atom. The predicted octanol–water partition coefficient (Wildman–Crippen LogP) is 7.99. The number of aromatic nitrogens is 1. The van der Waals surface area contributed by atoms with Crippen molar-refractivity contribution in [2.75, 3.05) is 0 Å². The number of Topliss-reactive ketones (excluding diaryl/α,β-unsaturated/α-hetero) is 1. The van der Waals surface area contributed by atoms with Crippen molar-refractivity contribution in [3.8, 4) is 0 Å². The first-order valence-electron chi connectivity index (χ1n) is 15.7. The number of ether oxygens (including phenoxy) is 2. The molecule has 1 aromatic heterocycles. The third-order valence-corrected chi connectivity index (χ3v) is 13.2. The van der Waals surface area contributed by atoms with Crippen LogP contribution >= 0.6 is 11.3 Å². The molecule has 8 nitrogen and oxygen atoms in total. The van der Waals surface area contributed by atoms with Gasteiger partial charge in [-0.25, -0.2) is 19.5 Å². The van der Waals surface area contributed by atoms with E-state index in [1.54, 1.807) is 41.5 Å². The Balaban J connectivity index is 1.90. The number of carbonyl (C=O) groups is 3. The maximum atomic E-state index is 13.7. The number of rotatable bonds is 10. The van der Waals surface area contributed by atoms with Gasteiger partial charge in [0, 0.05) is 11.8 Å². The molecule has 250 valence electrons. The zero-order chi connectivity index (χ0) is 34.5. The monoisotopic (exact) mass is 666 g/mol. The Morgan fingerprint density at radius 3 is 1.63 bits per heavy atom. The molecule has 46 heavy (non-hydrogen) atoms. The fraction of sp³-hybridized carbons (Fsp3) is 0.500. The SMILES string of the molecule is CC(C)[C@@H](CC(=O)c1nc(CO[Si](c2ccccc2)(c2ccccc2)C(C)(C)C)cs1)N(C(=O)OC(C)(C)C)C(=O)OC(C)(C)C. The highest BCUT2D eigenvalue weighted by atomic mass is 32.1. The first-order chi connectivity index (χ1) is 21.2. The lowest BCUT2D eigenvalue weighted by atomic mass is 9.97. The first-order valence-corrected chi connectivity index (χ1v) is 18.5. The number of nitrogens with zero attached hydrogens (tertiary/aromatic N) is 2. The van der Waals surface area contributed by atoms with E-state index in [4.69, 9.17) is 13.9 Å². The van der Waals surface area contributed by atoms with Crippen molar-refractivity contribution in [3.05, 3.63) is 76.7 Å². The van der Waals surface area contributed by atoms with E-state index in [1.807, 2.05) is 55.6 Å². The average molecular weight is 667 g/mol. The summed E-state index contributed by atoms with van der Waals surface area (Å²) in [5.74, 6) is -0.542. The summed E-state index contributed by atoms with van der Waals surface area (Å²) in [6.07, 6.45) is -1.84. The van der Waals surface area contributed by atoms with E-state index >= 15 is 0 Å². The van der Waals surface area contributed by atoms with Crippen LogP contribution < -0.4 is 10.4 Å². The minimum Gasteiger partial charge on any atom is -0.443 e. The average Bonchev–Trinajstić information content (AvgIpc) is 3.41. The number of amides is 2. The third-order valence-electron chi connectivity index (χ3n) is 7.32. The van der Waals surface area contributed by atoms with Gasteiger partial charge < -0.3 is 13.9 Å². The van der Waals surface area contributed by atoms with Gasteiger partial charge in [0.05, 0.1) is 18.3 Å². The van der Waals surface area contributed by atoms with Gasteiger partial charge in [0.25, 0.3) is 8.32 Å². The van der Waals surface area contributed by atoms with Gasteiger partial charge in [-0.3, -0.25) is 4.79 Å². The van der Waals surface area contributed by atoms with Crippen molar-refractivity contribution in [1.29, 1.82) is 0 Å². The molecule has 0 saturated heterocycles. The van der Waals surface area contributed by atoms with Crippen LogP contribution in [0.1, 0.15) is 98.1 Å². The van der Waals surface area contributed by atoms with Crippen LogP contribution in [0.25, 0.3) is 0 Å². The highest BCUT2D eigenvalue weighted by Crippen LogP contribution is 2.37. The third kappa shape index (κ3) is 9.36. The van der Waals surface area contributed by atoms with Crippen LogP contribution in [0.2, 0.25) is 5.04 Å². The van der Waals surface area contributed by atoms with Crippen LogP contribution in [0.15, 0.2) is 66.0 Å². The van der Waals surface area contributed by atoms with Crippen molar-refractivity contribution in [2.24, 2.45) is 5.92 Å². The van der Waals surface area contributed by atoms with Crippen LogP contribution in [0.3, 0.4) is 0 Å². The van der Waals surface area contributed by atoms with Gasteiger partial charge in [-0.15, -0.1) is 11.3 Å². The molecule has 0 saturated carbocycles. The lowest BCUT2D eigenvalue weighted by Crippen LogP contribution is -2.66. The normalized spacial score (nSPS) is 13.3. The standard InChI is InChI=1S/C36H50N2O6SSi/c1-25(2)29(38(32(40)43-34(3,4)5)33(41)44-35(6,7)8)22-30(39)31-37-26(24-45-31)23-42-46(36(9,10)11,27-18-14-12-15-19-27)28-20-16-13-17-21-28/h12-21,24-25,29H,22-23H2,1-11H3/t29-/m1/s1. The van der Waals surface area contributed by atoms with Crippen molar-refractivity contribution in [1.82, 2.24) is 9.88 Å². The molecule has 1 heterocycles. The molecular formula is C36H50N2O6SSi. The smallest absolute Gasteiger partial charge is 0.420 e. The minimum absolute atomic E-state index is 0.126. The maximum Gasteiger partial charge on any atom is 0.420 e. The highest BCUT2D eigenvalue weighted by molar-refractivity contribution is 7.11. The molecule has 3 aromatic rings. The van der Waals surface area contributed by atoms with Gasteiger partial charge in [-0.05, 0) is 62.9 Å². The van der Waals surface area contributed by atoms with Gasteiger partial charge in [0.2, 0.25) is 0 Å². The van der Waals surface area contributed by atoms with E-state index in [2.05, 4.69) is 50.0 Å². The second kappa shape index (κ2) is 14.6. The predicted molar refractivity (Wildman–Crippen MR) is 186 cm³/mol. The maximum absolute atomic E-state index is 13.7. The van der Waals surface area contributed by atoms with E-state index in [0.717, 1.165) is 15.3 Å². The van der Waals surface area contributed by atoms with Gasteiger partial charge in [-0.2, -0.15) is 0 Å². The number of thiazole rings is 1. The molecule has 2 amide bonds. The van der Waals surface area contributed by atoms with Crippen molar-refractivity contribution in [3.63, 3.8) is 0 Å². The zero-order valence-electron chi connectivity index (χ0n) is 29.2. The topological polar surface area (TPSA) is 95.0 Å². The summed E-state index contributed by atoms with van der Waals surface area (Å²) in [5.41, 5.74) is -1.05. The lowest BCUT2D eigenvalue weighted by molar-refractivity contribution is -0.0118. The Morgan fingerprint density at radius 2 is 1.24 bits per heavy atom. The molecule has 3 rings (SSSR count). The summed E-state index contributed by atoms with van der Waals surface area (Å²) in [7, 11) is -2.80. The van der Waals surface area contributed by atoms with Crippen LogP contribution in [-0.2, 0) is 20.5 Å². The molecule has 2 aromatic carbocycles. The number of ketones is 1. The van der Waals surface area contributed by atoms with Crippen LogP contribution in [0.5, 0.6) is 0 Å². The summed E-state index contributed by atoms with van der Waals surface area (Å²) in [6.45, 7) is 20.9. The van der Waals surface area contributed by atoms with Crippen LogP contribution in [-0.4, -0.2) is 53.4 Å². The lowest BCUT2D eigenvalue weighted by Gasteiger charge is -2.42. The molecule has 0 bridgehead atoms. The number of hydrogen-bond donors (Lipinski definition) is 0. The van der Waals surface area contributed by atoms with Gasteiger partial charge in [0.1, 0.15) is 11.2 Å². The van der Waals surface area contributed by atoms with E-state index in [0.29, 0.717) is 10.7 Å². The molecular weight excluding hydrogens is 617 g/mol. The first kappa shape index (κ1) is 37.1. The van der Waals surface area contributed by atoms with Crippen LogP contribution in [0, 0.1) is 5.92 Å².